The Morgan fingerprint density at radius 2 is 1.85 bits per heavy atom. The predicted molar refractivity (Wildman–Crippen MR) is 52.6 cm³/mol. The van der Waals surface area contributed by atoms with Crippen LogP contribution in [0.1, 0.15) is 38.5 Å². The van der Waals surface area contributed by atoms with Crippen molar-refractivity contribution < 1.29 is 4.79 Å². The molecule has 1 unspecified atom stereocenters. The fraction of sp³-hybridized carbons (Fsp3) is 0.909. The number of likely N-dealkylation sites (tertiary alicyclic amines) is 1. The van der Waals surface area contributed by atoms with Gasteiger partial charge >= 0.3 is 0 Å². The van der Waals surface area contributed by atoms with E-state index in [4.69, 9.17) is 0 Å². The molecule has 0 aromatic rings. The third kappa shape index (κ3) is 2.11. The summed E-state index contributed by atoms with van der Waals surface area (Å²) in [6.07, 6.45) is 9.18. The predicted octanol–water partition coefficient (Wildman–Crippen LogP) is 1.84. The van der Waals surface area contributed by atoms with Crippen LogP contribution >= 0.6 is 0 Å². The molecule has 13 heavy (non-hydrogen) atoms. The summed E-state index contributed by atoms with van der Waals surface area (Å²) < 4.78 is 0. The van der Waals surface area contributed by atoms with Gasteiger partial charge in [-0.1, -0.05) is 19.3 Å². The Bertz CT molecular complexity index is 175. The fourth-order valence-electron chi connectivity index (χ4n) is 2.70. The van der Waals surface area contributed by atoms with Gasteiger partial charge in [0.2, 0.25) is 0 Å². The summed E-state index contributed by atoms with van der Waals surface area (Å²) in [6.45, 7) is 2.20. The molecule has 0 N–H and O–H groups in total. The van der Waals surface area contributed by atoms with Crippen LogP contribution in [0.5, 0.6) is 0 Å². The second-order valence-corrected chi connectivity index (χ2v) is 4.47. The molecule has 1 saturated heterocycles. The zero-order chi connectivity index (χ0) is 9.10. The van der Waals surface area contributed by atoms with E-state index in [1.54, 1.807) is 0 Å². The smallest absolute Gasteiger partial charge is 0.124 e. The Kier molecular flexibility index (Phi) is 2.99. The van der Waals surface area contributed by atoms with Gasteiger partial charge in [0, 0.05) is 18.5 Å². The van der Waals surface area contributed by atoms with Crippen LogP contribution in [0.2, 0.25) is 0 Å². The lowest BCUT2D eigenvalue weighted by Gasteiger charge is -2.30. The maximum atomic E-state index is 10.6. The minimum absolute atomic E-state index is 0.335. The highest BCUT2D eigenvalue weighted by molar-refractivity contribution is 5.54. The van der Waals surface area contributed by atoms with Crippen LogP contribution in [-0.2, 0) is 4.79 Å². The summed E-state index contributed by atoms with van der Waals surface area (Å²) in [5.74, 6) is 0.335. The Balaban J connectivity index is 1.83. The highest BCUT2D eigenvalue weighted by Crippen LogP contribution is 2.26. The number of aldehydes is 1. The summed E-state index contributed by atoms with van der Waals surface area (Å²) in [5.41, 5.74) is 0. The molecule has 1 atom stereocenters. The normalized spacial score (nSPS) is 32.2. The molecular weight excluding hydrogens is 162 g/mol. The van der Waals surface area contributed by atoms with Crippen molar-refractivity contribution >= 4 is 6.29 Å². The Morgan fingerprint density at radius 3 is 2.46 bits per heavy atom. The van der Waals surface area contributed by atoms with Crippen LogP contribution in [-0.4, -0.2) is 30.3 Å². The molecule has 1 aliphatic heterocycles. The van der Waals surface area contributed by atoms with Crippen LogP contribution in [0.15, 0.2) is 0 Å². The number of hydrogen-bond acceptors (Lipinski definition) is 2. The van der Waals surface area contributed by atoms with E-state index in [9.17, 15) is 4.79 Å². The zero-order valence-electron chi connectivity index (χ0n) is 8.24. The van der Waals surface area contributed by atoms with E-state index in [0.717, 1.165) is 31.8 Å². The van der Waals surface area contributed by atoms with Crippen LogP contribution < -0.4 is 0 Å². The molecule has 1 heterocycles. The van der Waals surface area contributed by atoms with Crippen LogP contribution in [0.25, 0.3) is 0 Å². The van der Waals surface area contributed by atoms with Crippen molar-refractivity contribution in [2.75, 3.05) is 13.1 Å². The summed E-state index contributed by atoms with van der Waals surface area (Å²) in [6, 6.07) is 0.804. The Morgan fingerprint density at radius 1 is 1.08 bits per heavy atom. The van der Waals surface area contributed by atoms with Crippen molar-refractivity contribution in [2.45, 2.75) is 44.6 Å². The number of nitrogens with zero attached hydrogens (tertiary/aromatic N) is 1. The van der Waals surface area contributed by atoms with Crippen molar-refractivity contribution in [1.29, 1.82) is 0 Å². The molecule has 0 amide bonds. The van der Waals surface area contributed by atoms with Gasteiger partial charge in [0.25, 0.3) is 0 Å². The van der Waals surface area contributed by atoms with Crippen molar-refractivity contribution in [2.24, 2.45) is 5.92 Å². The molecule has 2 fully saturated rings. The van der Waals surface area contributed by atoms with E-state index in [-0.39, 0.29) is 0 Å². The molecule has 2 nitrogen and oxygen atoms in total. The van der Waals surface area contributed by atoms with Gasteiger partial charge in [-0.15, -0.1) is 0 Å². The maximum Gasteiger partial charge on any atom is 0.124 e. The molecule has 0 aromatic heterocycles. The number of hydrogen-bond donors (Lipinski definition) is 0. The first-order chi connectivity index (χ1) is 6.40. The summed E-state index contributed by atoms with van der Waals surface area (Å²) >= 11 is 0. The van der Waals surface area contributed by atoms with Crippen LogP contribution in [0.4, 0.5) is 0 Å². The Hall–Kier alpha value is -0.370. The summed E-state index contributed by atoms with van der Waals surface area (Å²) in [4.78, 5) is 13.1. The topological polar surface area (TPSA) is 20.3 Å². The molecule has 1 aliphatic carbocycles. The second-order valence-electron chi connectivity index (χ2n) is 4.47. The van der Waals surface area contributed by atoms with E-state index < -0.39 is 0 Å². The molecule has 2 heteroatoms. The number of carbonyl (C=O) groups is 1. The molecule has 0 bridgehead atoms. The minimum atomic E-state index is 0.335. The van der Waals surface area contributed by atoms with Crippen LogP contribution in [0, 0.1) is 5.92 Å². The van der Waals surface area contributed by atoms with Gasteiger partial charge in [-0.3, -0.25) is 4.90 Å². The van der Waals surface area contributed by atoms with Gasteiger partial charge in [-0.05, 0) is 25.8 Å². The molecule has 0 spiro atoms. The highest BCUT2D eigenvalue weighted by atomic mass is 16.1. The first kappa shape index (κ1) is 9.20. The van der Waals surface area contributed by atoms with Gasteiger partial charge in [0.1, 0.15) is 6.29 Å². The molecule has 0 radical (unpaired) electrons. The fourth-order valence-corrected chi connectivity index (χ4v) is 2.70. The third-order valence-corrected chi connectivity index (χ3v) is 3.54. The lowest BCUT2D eigenvalue weighted by molar-refractivity contribution is -0.110. The van der Waals surface area contributed by atoms with E-state index in [1.807, 2.05) is 0 Å². The number of carbonyl (C=O) groups excluding carboxylic acids is 1. The lowest BCUT2D eigenvalue weighted by Crippen LogP contribution is -2.34. The molecular formula is C11H19NO. The SMILES string of the molecule is O=CC1CCN(C2CCCCC2)C1. The van der Waals surface area contributed by atoms with E-state index in [2.05, 4.69) is 4.90 Å². The summed E-state index contributed by atoms with van der Waals surface area (Å²) in [7, 11) is 0. The molecule has 2 aliphatic rings. The first-order valence-electron chi connectivity index (χ1n) is 5.59. The standard InChI is InChI=1S/C11H19NO/c13-9-10-6-7-12(8-10)11-4-2-1-3-5-11/h9-11H,1-8H2. The quantitative estimate of drug-likeness (QED) is 0.606. The van der Waals surface area contributed by atoms with Crippen molar-refractivity contribution in [3.05, 3.63) is 0 Å². The average Bonchev–Trinajstić information content (AvgIpc) is 2.67. The molecule has 2 rings (SSSR count). The highest BCUT2D eigenvalue weighted by Gasteiger charge is 2.28. The summed E-state index contributed by atoms with van der Waals surface area (Å²) in [5, 5.41) is 0. The van der Waals surface area contributed by atoms with E-state index in [1.165, 1.54) is 32.1 Å². The Labute approximate surface area is 80.3 Å². The van der Waals surface area contributed by atoms with Crippen molar-refractivity contribution in [3.8, 4) is 0 Å². The van der Waals surface area contributed by atoms with Crippen molar-refractivity contribution in [3.63, 3.8) is 0 Å². The van der Waals surface area contributed by atoms with Crippen molar-refractivity contribution in [1.82, 2.24) is 4.90 Å². The average molecular weight is 181 g/mol. The van der Waals surface area contributed by atoms with Gasteiger partial charge in [-0.25, -0.2) is 0 Å². The minimum Gasteiger partial charge on any atom is -0.303 e. The molecule has 1 saturated carbocycles. The molecule has 74 valence electrons. The van der Waals surface area contributed by atoms with Gasteiger partial charge < -0.3 is 4.79 Å². The van der Waals surface area contributed by atoms with Gasteiger partial charge in [0.05, 0.1) is 0 Å². The van der Waals surface area contributed by atoms with Gasteiger partial charge in [0.15, 0.2) is 0 Å². The monoisotopic (exact) mass is 181 g/mol. The second kappa shape index (κ2) is 4.23. The van der Waals surface area contributed by atoms with Gasteiger partial charge in [-0.2, -0.15) is 0 Å². The third-order valence-electron chi connectivity index (χ3n) is 3.54. The largest absolute Gasteiger partial charge is 0.303 e. The zero-order valence-corrected chi connectivity index (χ0v) is 8.24. The first-order valence-corrected chi connectivity index (χ1v) is 5.59. The van der Waals surface area contributed by atoms with Crippen LogP contribution in [0.3, 0.4) is 0 Å². The maximum absolute atomic E-state index is 10.6. The molecule has 0 aromatic carbocycles. The number of rotatable bonds is 2. The van der Waals surface area contributed by atoms with E-state index >= 15 is 0 Å². The lowest BCUT2D eigenvalue weighted by atomic mass is 9.94. The van der Waals surface area contributed by atoms with E-state index in [0.29, 0.717) is 5.92 Å².